The number of allylic oxidation sites excluding steroid dienone is 3. The minimum absolute atomic E-state index is 0.0156. The van der Waals surface area contributed by atoms with E-state index in [2.05, 4.69) is 0 Å². The first-order chi connectivity index (χ1) is 11.8. The molecular weight excluding hydrogens is 354 g/mol. The number of primary sulfonamides is 1. The van der Waals surface area contributed by atoms with Gasteiger partial charge in [0.15, 0.2) is 5.57 Å². The van der Waals surface area contributed by atoms with Gasteiger partial charge in [0.2, 0.25) is 5.09 Å². The number of ether oxygens (including phenoxy) is 4. The van der Waals surface area contributed by atoms with Crippen LogP contribution in [0.2, 0.25) is 0 Å². The summed E-state index contributed by atoms with van der Waals surface area (Å²) in [5, 5.41) is 4.48. The Bertz CT molecular complexity index is 755. The summed E-state index contributed by atoms with van der Waals surface area (Å²) in [6, 6.07) is 0. The third kappa shape index (κ3) is 4.20. The van der Waals surface area contributed by atoms with Crippen LogP contribution in [0.3, 0.4) is 0 Å². The van der Waals surface area contributed by atoms with Crippen molar-refractivity contribution in [2.45, 2.75) is 26.7 Å². The Morgan fingerprint density at radius 2 is 1.80 bits per heavy atom. The molecule has 0 aromatic rings. The van der Waals surface area contributed by atoms with Crippen molar-refractivity contribution in [2.24, 2.45) is 5.14 Å². The Balaban J connectivity index is 2.69. The molecule has 2 rings (SSSR count). The molecule has 0 amide bonds. The lowest BCUT2D eigenvalue weighted by atomic mass is 9.94. The molecule has 2 N–H and O–H groups in total. The molecule has 0 radical (unpaired) electrons. The van der Waals surface area contributed by atoms with Crippen LogP contribution in [-0.4, -0.2) is 40.2 Å². The number of hydrogen-bond donors (Lipinski definition) is 1. The molecule has 0 spiro atoms. The van der Waals surface area contributed by atoms with Crippen molar-refractivity contribution in [2.75, 3.05) is 19.8 Å². The zero-order chi connectivity index (χ0) is 18.6. The van der Waals surface area contributed by atoms with Crippen LogP contribution in [0.25, 0.3) is 0 Å². The van der Waals surface area contributed by atoms with Gasteiger partial charge in [0.05, 0.1) is 19.8 Å². The molecule has 0 saturated carbocycles. The third-order valence-electron chi connectivity index (χ3n) is 3.34. The normalized spacial score (nSPS) is 16.9. The van der Waals surface area contributed by atoms with E-state index in [1.54, 1.807) is 13.8 Å². The van der Waals surface area contributed by atoms with Crippen molar-refractivity contribution >= 4 is 22.0 Å². The van der Waals surface area contributed by atoms with Crippen LogP contribution in [0.4, 0.5) is 0 Å². The van der Waals surface area contributed by atoms with Crippen molar-refractivity contribution in [3.63, 3.8) is 0 Å². The van der Waals surface area contributed by atoms with Crippen LogP contribution in [0.5, 0.6) is 0 Å². The molecule has 0 unspecified atom stereocenters. The van der Waals surface area contributed by atoms with Gasteiger partial charge in [-0.15, -0.1) is 0 Å². The highest BCUT2D eigenvalue weighted by atomic mass is 32.2. The fourth-order valence-corrected chi connectivity index (χ4v) is 2.81. The van der Waals surface area contributed by atoms with Crippen LogP contribution >= 0.6 is 0 Å². The maximum Gasteiger partial charge on any atom is 0.346 e. The van der Waals surface area contributed by atoms with Gasteiger partial charge in [0, 0.05) is 17.2 Å². The number of carbonyl (C=O) groups excluding carboxylic acids is 2. The van der Waals surface area contributed by atoms with Crippen molar-refractivity contribution in [1.29, 1.82) is 0 Å². The molecule has 0 saturated heterocycles. The first-order valence-corrected chi connectivity index (χ1v) is 9.21. The number of esters is 2. The minimum atomic E-state index is -4.23. The van der Waals surface area contributed by atoms with Crippen LogP contribution in [0.1, 0.15) is 26.7 Å². The summed E-state index contributed by atoms with van der Waals surface area (Å²) in [4.78, 5) is 24.6. The molecule has 9 nitrogen and oxygen atoms in total. The molecule has 0 fully saturated rings. The molecule has 138 valence electrons. The average Bonchev–Trinajstić information content (AvgIpc) is 2.54. The SMILES string of the molecule is CCOC(=O)C(C(=O)OCC)=C1C=C(S(N)(=O)=O)OC2=C1CCCO2. The van der Waals surface area contributed by atoms with Gasteiger partial charge in [0.1, 0.15) is 0 Å². The number of nitrogens with two attached hydrogens (primary N) is 1. The van der Waals surface area contributed by atoms with E-state index < -0.39 is 32.6 Å². The molecular formula is C15H19NO8S. The summed E-state index contributed by atoms with van der Waals surface area (Å²) < 4.78 is 43.7. The molecule has 0 bridgehead atoms. The molecule has 0 atom stereocenters. The molecule has 2 aliphatic heterocycles. The lowest BCUT2D eigenvalue weighted by Gasteiger charge is -2.26. The van der Waals surface area contributed by atoms with E-state index in [0.29, 0.717) is 25.0 Å². The molecule has 2 aliphatic rings. The van der Waals surface area contributed by atoms with E-state index in [4.69, 9.17) is 24.1 Å². The summed E-state index contributed by atoms with van der Waals surface area (Å²) in [5.74, 6) is -1.96. The fraction of sp³-hybridized carbons (Fsp3) is 0.467. The Kier molecular flexibility index (Phi) is 5.85. The molecule has 25 heavy (non-hydrogen) atoms. The van der Waals surface area contributed by atoms with Gasteiger partial charge in [0.25, 0.3) is 16.0 Å². The van der Waals surface area contributed by atoms with Gasteiger partial charge in [-0.05, 0) is 26.7 Å². The van der Waals surface area contributed by atoms with E-state index in [9.17, 15) is 18.0 Å². The molecule has 0 aliphatic carbocycles. The van der Waals surface area contributed by atoms with Gasteiger partial charge < -0.3 is 18.9 Å². The summed E-state index contributed by atoms with van der Waals surface area (Å²) in [7, 11) is -4.23. The van der Waals surface area contributed by atoms with Crippen LogP contribution in [0, 0.1) is 0 Å². The summed E-state index contributed by atoms with van der Waals surface area (Å²) in [5.41, 5.74) is -0.0252. The Hall–Kier alpha value is -2.33. The van der Waals surface area contributed by atoms with E-state index in [1.165, 1.54) is 0 Å². The van der Waals surface area contributed by atoms with Crippen molar-refractivity contribution in [3.8, 4) is 0 Å². The summed E-state index contributed by atoms with van der Waals surface area (Å²) in [6.45, 7) is 3.52. The van der Waals surface area contributed by atoms with E-state index in [0.717, 1.165) is 6.08 Å². The summed E-state index contributed by atoms with van der Waals surface area (Å²) in [6.07, 6.45) is 2.04. The number of rotatable bonds is 5. The van der Waals surface area contributed by atoms with Crippen molar-refractivity contribution < 1.29 is 37.0 Å². The lowest BCUT2D eigenvalue weighted by Crippen LogP contribution is -2.26. The van der Waals surface area contributed by atoms with Gasteiger partial charge in [-0.25, -0.2) is 23.1 Å². The maximum absolute atomic E-state index is 12.3. The zero-order valence-electron chi connectivity index (χ0n) is 13.9. The monoisotopic (exact) mass is 373 g/mol. The van der Waals surface area contributed by atoms with Gasteiger partial charge >= 0.3 is 11.9 Å². The fourth-order valence-electron chi connectivity index (χ4n) is 2.34. The zero-order valence-corrected chi connectivity index (χ0v) is 14.7. The topological polar surface area (TPSA) is 131 Å². The van der Waals surface area contributed by atoms with Crippen molar-refractivity contribution in [1.82, 2.24) is 0 Å². The molecule has 0 aromatic heterocycles. The maximum atomic E-state index is 12.3. The first kappa shape index (κ1) is 19.0. The van der Waals surface area contributed by atoms with E-state index in [1.807, 2.05) is 0 Å². The summed E-state index contributed by atoms with van der Waals surface area (Å²) >= 11 is 0. The van der Waals surface area contributed by atoms with Gasteiger partial charge in [-0.1, -0.05) is 0 Å². The van der Waals surface area contributed by atoms with Crippen LogP contribution < -0.4 is 5.14 Å². The largest absolute Gasteiger partial charge is 0.465 e. The Morgan fingerprint density at radius 1 is 1.20 bits per heavy atom. The second-order valence-electron chi connectivity index (χ2n) is 5.06. The van der Waals surface area contributed by atoms with E-state index in [-0.39, 0.29) is 24.7 Å². The molecule has 0 aromatic carbocycles. The third-order valence-corrected chi connectivity index (χ3v) is 4.10. The average molecular weight is 373 g/mol. The molecule has 2 heterocycles. The number of hydrogen-bond acceptors (Lipinski definition) is 8. The molecule has 10 heteroatoms. The Morgan fingerprint density at radius 3 is 2.32 bits per heavy atom. The van der Waals surface area contributed by atoms with Crippen molar-refractivity contribution in [3.05, 3.63) is 33.8 Å². The minimum Gasteiger partial charge on any atom is -0.465 e. The quantitative estimate of drug-likeness (QED) is 0.321. The van der Waals surface area contributed by atoms with E-state index >= 15 is 0 Å². The standard InChI is InChI=1S/C15H19NO8S/c1-3-21-13(17)12(14(18)22-4-2)10-8-11(25(16,19)20)24-15-9(10)6-5-7-23-15/h8H,3-7H2,1-2H3,(H2,16,19,20). The van der Waals surface area contributed by atoms with Crippen LogP contribution in [0.15, 0.2) is 33.8 Å². The highest BCUT2D eigenvalue weighted by Gasteiger charge is 2.35. The first-order valence-electron chi connectivity index (χ1n) is 7.66. The van der Waals surface area contributed by atoms with Gasteiger partial charge in [-0.2, -0.15) is 0 Å². The smallest absolute Gasteiger partial charge is 0.346 e. The predicted octanol–water partition coefficient (Wildman–Crippen LogP) is 0.591. The lowest BCUT2D eigenvalue weighted by molar-refractivity contribution is -0.146. The Labute approximate surface area is 145 Å². The van der Waals surface area contributed by atoms with Gasteiger partial charge in [-0.3, -0.25) is 0 Å². The number of sulfonamides is 1. The highest BCUT2D eigenvalue weighted by molar-refractivity contribution is 7.92. The number of carbonyl (C=O) groups is 2. The van der Waals surface area contributed by atoms with Crippen LogP contribution in [-0.2, 0) is 38.6 Å². The second kappa shape index (κ2) is 7.70. The highest BCUT2D eigenvalue weighted by Crippen LogP contribution is 2.36. The second-order valence-corrected chi connectivity index (χ2v) is 6.55. The predicted molar refractivity (Wildman–Crippen MR) is 84.8 cm³/mol.